The first-order valence-electron chi connectivity index (χ1n) is 5.13. The van der Waals surface area contributed by atoms with E-state index in [9.17, 15) is 0 Å². The summed E-state index contributed by atoms with van der Waals surface area (Å²) in [5, 5.41) is 7.77. The van der Waals surface area contributed by atoms with E-state index in [1.807, 2.05) is 18.2 Å². The van der Waals surface area contributed by atoms with Gasteiger partial charge in [-0.05, 0) is 23.5 Å². The number of benzene rings is 1. The number of hydrogen-bond acceptors (Lipinski definition) is 2. The number of hydrogen-bond donors (Lipinski definition) is 1. The molecule has 0 bridgehead atoms. The van der Waals surface area contributed by atoms with Crippen LogP contribution >= 0.6 is 0 Å². The molecule has 0 fully saturated rings. The summed E-state index contributed by atoms with van der Waals surface area (Å²) in [5.74, 6) is 0.0701. The van der Waals surface area contributed by atoms with Gasteiger partial charge >= 0.3 is 0 Å². The molecule has 1 heterocycles. The van der Waals surface area contributed by atoms with Crippen LogP contribution in [0.5, 0.6) is 0 Å². The van der Waals surface area contributed by atoms with Gasteiger partial charge in [0.1, 0.15) is 0 Å². The molecule has 0 saturated carbocycles. The van der Waals surface area contributed by atoms with Crippen molar-refractivity contribution in [2.75, 3.05) is 0 Å². The average molecular weight is 223 g/mol. The highest BCUT2D eigenvalue weighted by Gasteiger charge is 1.94. The molecule has 0 saturated heterocycles. The SMILES string of the molecule is N=C(N=C([NH-])c1ccccn1)c1ccccc1. The predicted molar refractivity (Wildman–Crippen MR) is 68.4 cm³/mol. The molecule has 0 aliphatic carbocycles. The van der Waals surface area contributed by atoms with Gasteiger partial charge in [0.05, 0.1) is 5.69 Å². The van der Waals surface area contributed by atoms with Crippen molar-refractivity contribution in [1.82, 2.24) is 4.98 Å². The summed E-state index contributed by atoms with van der Waals surface area (Å²) >= 11 is 0. The van der Waals surface area contributed by atoms with Gasteiger partial charge in [-0.1, -0.05) is 36.4 Å². The summed E-state index contributed by atoms with van der Waals surface area (Å²) < 4.78 is 0. The Morgan fingerprint density at radius 3 is 2.41 bits per heavy atom. The molecule has 4 heteroatoms. The molecule has 0 aliphatic rings. The van der Waals surface area contributed by atoms with E-state index in [4.69, 9.17) is 11.1 Å². The summed E-state index contributed by atoms with van der Waals surface area (Å²) in [6.45, 7) is 0. The molecule has 4 nitrogen and oxygen atoms in total. The summed E-state index contributed by atoms with van der Waals surface area (Å²) in [6.07, 6.45) is 1.60. The molecule has 0 spiro atoms. The van der Waals surface area contributed by atoms with E-state index in [1.165, 1.54) is 0 Å². The monoisotopic (exact) mass is 223 g/mol. The molecule has 2 aromatic rings. The van der Waals surface area contributed by atoms with Gasteiger partial charge < -0.3 is 16.1 Å². The summed E-state index contributed by atoms with van der Waals surface area (Å²) in [7, 11) is 0. The van der Waals surface area contributed by atoms with E-state index >= 15 is 0 Å². The highest BCUT2D eigenvalue weighted by atomic mass is 14.9. The Morgan fingerprint density at radius 1 is 1.06 bits per heavy atom. The lowest BCUT2D eigenvalue weighted by Gasteiger charge is -2.10. The van der Waals surface area contributed by atoms with Gasteiger partial charge in [0.15, 0.2) is 0 Å². The molecule has 2 N–H and O–H groups in total. The molecular formula is C13H11N4-. The van der Waals surface area contributed by atoms with Crippen molar-refractivity contribution < 1.29 is 0 Å². The molecule has 1 aromatic heterocycles. The Kier molecular flexibility index (Phi) is 3.25. The first-order chi connectivity index (χ1) is 8.27. The van der Waals surface area contributed by atoms with Gasteiger partial charge in [0.25, 0.3) is 0 Å². The van der Waals surface area contributed by atoms with Gasteiger partial charge in [0.2, 0.25) is 0 Å². The lowest BCUT2D eigenvalue weighted by atomic mass is 10.2. The number of aliphatic imine (C=N–C) groups is 1. The number of nitrogens with zero attached hydrogens (tertiary/aromatic N) is 2. The lowest BCUT2D eigenvalue weighted by Crippen LogP contribution is -2.02. The van der Waals surface area contributed by atoms with Crippen LogP contribution in [0, 0.1) is 5.41 Å². The fraction of sp³-hybridized carbons (Fsp3) is 0. The Morgan fingerprint density at radius 2 is 1.76 bits per heavy atom. The number of nitrogens with one attached hydrogen (secondary N) is 2. The van der Waals surface area contributed by atoms with Crippen LogP contribution in [0.3, 0.4) is 0 Å². The van der Waals surface area contributed by atoms with E-state index in [0.717, 1.165) is 0 Å². The largest absolute Gasteiger partial charge is 0.480 e. The number of pyridine rings is 1. The fourth-order valence-electron chi connectivity index (χ4n) is 1.33. The zero-order chi connectivity index (χ0) is 12.1. The lowest BCUT2D eigenvalue weighted by molar-refractivity contribution is 1.29. The molecule has 0 aliphatic heterocycles. The Labute approximate surface area is 99.4 Å². The Balaban J connectivity index is 2.24. The molecule has 0 atom stereocenters. The second kappa shape index (κ2) is 5.03. The summed E-state index contributed by atoms with van der Waals surface area (Å²) in [5.41, 5.74) is 8.89. The van der Waals surface area contributed by atoms with E-state index < -0.39 is 0 Å². The van der Waals surface area contributed by atoms with E-state index in [0.29, 0.717) is 11.3 Å². The van der Waals surface area contributed by atoms with Crippen molar-refractivity contribution in [3.8, 4) is 0 Å². The molecule has 0 amide bonds. The standard InChI is InChI=1S/C13H11N4/c14-12(10-6-2-1-3-7-10)17-13(15)11-8-4-5-9-16-11/h1-9H,(H2-,14,15,17)/q-1. The van der Waals surface area contributed by atoms with Crippen LogP contribution in [0.15, 0.2) is 59.7 Å². The predicted octanol–water partition coefficient (Wildman–Crippen LogP) is 2.91. The third kappa shape index (κ3) is 2.75. The van der Waals surface area contributed by atoms with Crippen molar-refractivity contribution in [3.63, 3.8) is 0 Å². The van der Waals surface area contributed by atoms with Crippen LogP contribution in [0.2, 0.25) is 0 Å². The molecule has 84 valence electrons. The number of amidine groups is 2. The molecule has 0 radical (unpaired) electrons. The zero-order valence-corrected chi connectivity index (χ0v) is 9.09. The highest BCUT2D eigenvalue weighted by Crippen LogP contribution is 2.04. The third-order valence-corrected chi connectivity index (χ3v) is 2.18. The maximum Gasteiger partial charge on any atom is 0.0616 e. The van der Waals surface area contributed by atoms with Gasteiger partial charge in [-0.15, -0.1) is 0 Å². The minimum Gasteiger partial charge on any atom is -0.480 e. The van der Waals surface area contributed by atoms with E-state index in [2.05, 4.69) is 9.98 Å². The second-order valence-corrected chi connectivity index (χ2v) is 3.39. The van der Waals surface area contributed by atoms with Crippen LogP contribution in [0.25, 0.3) is 5.73 Å². The highest BCUT2D eigenvalue weighted by molar-refractivity contribution is 6.12. The van der Waals surface area contributed by atoms with Gasteiger partial charge in [-0.3, -0.25) is 4.98 Å². The summed E-state index contributed by atoms with van der Waals surface area (Å²) in [4.78, 5) is 7.93. The fourth-order valence-corrected chi connectivity index (χ4v) is 1.33. The van der Waals surface area contributed by atoms with Gasteiger partial charge in [-0.2, -0.15) is 0 Å². The van der Waals surface area contributed by atoms with Gasteiger partial charge in [-0.25, -0.2) is 0 Å². The van der Waals surface area contributed by atoms with Crippen molar-refractivity contribution >= 4 is 11.7 Å². The number of rotatable bonds is 2. The van der Waals surface area contributed by atoms with Crippen LogP contribution in [-0.2, 0) is 0 Å². The smallest absolute Gasteiger partial charge is 0.0616 e. The second-order valence-electron chi connectivity index (χ2n) is 3.39. The molecule has 17 heavy (non-hydrogen) atoms. The van der Waals surface area contributed by atoms with Crippen LogP contribution < -0.4 is 0 Å². The van der Waals surface area contributed by atoms with Crippen LogP contribution in [-0.4, -0.2) is 16.7 Å². The first-order valence-corrected chi connectivity index (χ1v) is 5.13. The van der Waals surface area contributed by atoms with Gasteiger partial charge in [0, 0.05) is 12.0 Å². The Hall–Kier alpha value is -2.49. The molecule has 0 unspecified atom stereocenters. The van der Waals surface area contributed by atoms with Crippen molar-refractivity contribution in [1.29, 1.82) is 5.41 Å². The quantitative estimate of drug-likeness (QED) is 0.617. The van der Waals surface area contributed by atoms with Crippen molar-refractivity contribution in [2.24, 2.45) is 4.99 Å². The Bertz CT molecular complexity index is 532. The average Bonchev–Trinajstić information content (AvgIpc) is 2.40. The van der Waals surface area contributed by atoms with Crippen molar-refractivity contribution in [2.45, 2.75) is 0 Å². The van der Waals surface area contributed by atoms with E-state index in [1.54, 1.807) is 36.5 Å². The minimum absolute atomic E-state index is 0.000506. The van der Waals surface area contributed by atoms with Crippen LogP contribution in [0.4, 0.5) is 0 Å². The third-order valence-electron chi connectivity index (χ3n) is 2.18. The minimum atomic E-state index is -0.000506. The molecule has 1 aromatic carbocycles. The van der Waals surface area contributed by atoms with Crippen molar-refractivity contribution in [3.05, 3.63) is 71.7 Å². The topological polar surface area (TPSA) is 72.9 Å². The summed E-state index contributed by atoms with van der Waals surface area (Å²) in [6, 6.07) is 14.4. The maximum atomic E-state index is 7.77. The first kappa shape index (κ1) is 11.0. The maximum absolute atomic E-state index is 7.77. The molecular weight excluding hydrogens is 212 g/mol. The zero-order valence-electron chi connectivity index (χ0n) is 9.09. The van der Waals surface area contributed by atoms with E-state index in [-0.39, 0.29) is 11.7 Å². The van der Waals surface area contributed by atoms with Crippen LogP contribution in [0.1, 0.15) is 11.3 Å². The molecule has 2 rings (SSSR count). The number of aromatic nitrogens is 1. The normalized spacial score (nSPS) is 11.2.